The molecule has 1 saturated heterocycles. The predicted molar refractivity (Wildman–Crippen MR) is 65.3 cm³/mol. The summed E-state index contributed by atoms with van der Waals surface area (Å²) in [5.74, 6) is -0.930. The van der Waals surface area contributed by atoms with E-state index in [1.54, 1.807) is 12.1 Å². The third-order valence-corrected chi connectivity index (χ3v) is 2.95. The van der Waals surface area contributed by atoms with Crippen LogP contribution in [0.1, 0.15) is 5.76 Å². The van der Waals surface area contributed by atoms with Crippen molar-refractivity contribution in [1.82, 2.24) is 9.80 Å². The third kappa shape index (κ3) is 1.97. The number of hydrogen-bond donors (Lipinski definition) is 0. The number of nitrogens with zero attached hydrogens (tertiary/aromatic N) is 2. The summed E-state index contributed by atoms with van der Waals surface area (Å²) in [6.07, 6.45) is 1.31. The Labute approximate surface area is 111 Å². The van der Waals surface area contributed by atoms with Gasteiger partial charge >= 0.3 is 6.03 Å². The molecule has 0 saturated carbocycles. The second kappa shape index (κ2) is 4.41. The minimum absolute atomic E-state index is 0.110. The zero-order valence-corrected chi connectivity index (χ0v) is 11.2. The predicted octanol–water partition coefficient (Wildman–Crippen LogP) is 1.48. The van der Waals surface area contributed by atoms with Crippen molar-refractivity contribution in [3.63, 3.8) is 0 Å². The lowest BCUT2D eigenvalue weighted by Gasteiger charge is -2.28. The summed E-state index contributed by atoms with van der Waals surface area (Å²) in [6.45, 7) is 0. The van der Waals surface area contributed by atoms with E-state index in [1.165, 1.54) is 20.2 Å². The van der Waals surface area contributed by atoms with Gasteiger partial charge in [-0.2, -0.15) is 0 Å². The molecule has 4 amide bonds. The number of imide groups is 2. The Bertz CT molecular complexity index is 549. The molecule has 1 aliphatic heterocycles. The van der Waals surface area contributed by atoms with Crippen LogP contribution in [-0.2, 0) is 9.59 Å². The lowest BCUT2D eigenvalue weighted by Crippen LogP contribution is -2.52. The summed E-state index contributed by atoms with van der Waals surface area (Å²) < 4.78 is 5.68. The molecule has 0 unspecified atom stereocenters. The number of barbiturate groups is 1. The monoisotopic (exact) mass is 312 g/mol. The van der Waals surface area contributed by atoms with Gasteiger partial charge in [0.2, 0.25) is 0 Å². The molecule has 1 aromatic rings. The van der Waals surface area contributed by atoms with Crippen molar-refractivity contribution in [1.29, 1.82) is 0 Å². The Kier molecular flexibility index (Phi) is 3.08. The smallest absolute Gasteiger partial charge is 0.333 e. The number of likely N-dealkylation sites (N-methyl/N-ethyl adjacent to an activating group) is 2. The summed E-state index contributed by atoms with van der Waals surface area (Å²) >= 11 is 3.12. The number of amides is 4. The highest BCUT2D eigenvalue weighted by molar-refractivity contribution is 9.10. The quantitative estimate of drug-likeness (QED) is 0.581. The van der Waals surface area contributed by atoms with Crippen molar-refractivity contribution in [3.05, 3.63) is 28.1 Å². The van der Waals surface area contributed by atoms with E-state index in [1.807, 2.05) is 0 Å². The van der Waals surface area contributed by atoms with Gasteiger partial charge in [-0.05, 0) is 34.1 Å². The normalized spacial score (nSPS) is 16.6. The van der Waals surface area contributed by atoms with E-state index < -0.39 is 17.8 Å². The van der Waals surface area contributed by atoms with E-state index in [0.29, 0.717) is 10.4 Å². The first-order valence-electron chi connectivity index (χ1n) is 4.99. The van der Waals surface area contributed by atoms with Gasteiger partial charge in [0.25, 0.3) is 11.8 Å². The second-order valence-electron chi connectivity index (χ2n) is 3.71. The molecule has 0 N–H and O–H groups in total. The van der Waals surface area contributed by atoms with Gasteiger partial charge in [0, 0.05) is 14.1 Å². The minimum Gasteiger partial charge on any atom is -0.450 e. The zero-order valence-electron chi connectivity index (χ0n) is 9.64. The Morgan fingerprint density at radius 1 is 1.11 bits per heavy atom. The van der Waals surface area contributed by atoms with E-state index in [9.17, 15) is 14.4 Å². The molecule has 18 heavy (non-hydrogen) atoms. The molecule has 0 aromatic carbocycles. The molecular weight excluding hydrogens is 304 g/mol. The number of urea groups is 1. The lowest BCUT2D eigenvalue weighted by molar-refractivity contribution is -0.134. The van der Waals surface area contributed by atoms with Gasteiger partial charge in [0.15, 0.2) is 4.67 Å². The molecule has 2 heterocycles. The van der Waals surface area contributed by atoms with Crippen LogP contribution in [0.3, 0.4) is 0 Å². The Balaban J connectivity index is 2.43. The molecule has 6 nitrogen and oxygen atoms in total. The summed E-state index contributed by atoms with van der Waals surface area (Å²) in [4.78, 5) is 36.9. The van der Waals surface area contributed by atoms with E-state index in [-0.39, 0.29) is 5.57 Å². The molecule has 0 radical (unpaired) electrons. The van der Waals surface area contributed by atoms with Crippen molar-refractivity contribution in [2.75, 3.05) is 14.1 Å². The summed E-state index contributed by atoms with van der Waals surface area (Å²) in [5, 5.41) is 0. The van der Waals surface area contributed by atoms with Crippen LogP contribution in [-0.4, -0.2) is 41.7 Å². The van der Waals surface area contributed by atoms with E-state index in [2.05, 4.69) is 15.9 Å². The van der Waals surface area contributed by atoms with Gasteiger partial charge in [-0.25, -0.2) is 4.79 Å². The molecule has 2 rings (SSSR count). The average molecular weight is 313 g/mol. The van der Waals surface area contributed by atoms with Crippen LogP contribution >= 0.6 is 15.9 Å². The van der Waals surface area contributed by atoms with Crippen LogP contribution in [0.2, 0.25) is 0 Å². The summed E-state index contributed by atoms with van der Waals surface area (Å²) in [5.41, 5.74) is -0.110. The third-order valence-electron chi connectivity index (χ3n) is 2.52. The minimum atomic E-state index is -0.650. The van der Waals surface area contributed by atoms with Crippen LogP contribution in [0, 0.1) is 0 Å². The van der Waals surface area contributed by atoms with Crippen LogP contribution in [0.15, 0.2) is 26.8 Å². The SMILES string of the molecule is CN1C(=O)C(=Cc2ccc(Br)o2)C(=O)N(C)C1=O. The van der Waals surface area contributed by atoms with Gasteiger partial charge < -0.3 is 4.42 Å². The molecule has 0 bridgehead atoms. The maximum atomic E-state index is 11.8. The Morgan fingerprint density at radius 3 is 2.11 bits per heavy atom. The van der Waals surface area contributed by atoms with Crippen molar-refractivity contribution in [2.45, 2.75) is 0 Å². The molecule has 0 spiro atoms. The second-order valence-corrected chi connectivity index (χ2v) is 4.49. The van der Waals surface area contributed by atoms with Gasteiger partial charge in [-0.3, -0.25) is 19.4 Å². The molecule has 1 aliphatic rings. The van der Waals surface area contributed by atoms with Crippen molar-refractivity contribution < 1.29 is 18.8 Å². The highest BCUT2D eigenvalue weighted by atomic mass is 79.9. The topological polar surface area (TPSA) is 70.8 Å². The van der Waals surface area contributed by atoms with Crippen LogP contribution in [0.4, 0.5) is 4.79 Å². The maximum absolute atomic E-state index is 11.8. The fraction of sp³-hybridized carbons (Fsp3) is 0.182. The van der Waals surface area contributed by atoms with Gasteiger partial charge in [0.1, 0.15) is 11.3 Å². The fourth-order valence-corrected chi connectivity index (χ4v) is 1.84. The number of halogens is 1. The Hall–Kier alpha value is -1.89. The van der Waals surface area contributed by atoms with Crippen molar-refractivity contribution >= 4 is 39.9 Å². The molecular formula is C11H9BrN2O4. The largest absolute Gasteiger partial charge is 0.450 e. The van der Waals surface area contributed by atoms with E-state index in [0.717, 1.165) is 9.80 Å². The van der Waals surface area contributed by atoms with Gasteiger partial charge in [0.05, 0.1) is 0 Å². The van der Waals surface area contributed by atoms with Gasteiger partial charge in [-0.1, -0.05) is 0 Å². The highest BCUT2D eigenvalue weighted by Gasteiger charge is 2.37. The van der Waals surface area contributed by atoms with Crippen LogP contribution in [0.25, 0.3) is 6.08 Å². The molecule has 0 atom stereocenters. The number of hydrogen-bond acceptors (Lipinski definition) is 4. The van der Waals surface area contributed by atoms with E-state index in [4.69, 9.17) is 4.42 Å². The first kappa shape index (κ1) is 12.6. The number of furan rings is 1. The maximum Gasteiger partial charge on any atom is 0.333 e. The molecule has 7 heteroatoms. The first-order valence-corrected chi connectivity index (χ1v) is 5.78. The lowest BCUT2D eigenvalue weighted by atomic mass is 10.1. The number of carbonyl (C=O) groups excluding carboxylic acids is 3. The van der Waals surface area contributed by atoms with Gasteiger partial charge in [-0.15, -0.1) is 0 Å². The molecule has 94 valence electrons. The highest BCUT2D eigenvalue weighted by Crippen LogP contribution is 2.20. The Morgan fingerprint density at radius 2 is 1.67 bits per heavy atom. The average Bonchev–Trinajstić information content (AvgIpc) is 2.75. The number of carbonyl (C=O) groups is 3. The zero-order chi connectivity index (χ0) is 13.4. The number of rotatable bonds is 1. The first-order chi connectivity index (χ1) is 8.41. The van der Waals surface area contributed by atoms with Crippen molar-refractivity contribution in [3.8, 4) is 0 Å². The molecule has 1 fully saturated rings. The van der Waals surface area contributed by atoms with Crippen molar-refractivity contribution in [2.24, 2.45) is 0 Å². The molecule has 1 aromatic heterocycles. The summed E-state index contributed by atoms with van der Waals surface area (Å²) in [7, 11) is 2.64. The van der Waals surface area contributed by atoms with Crippen LogP contribution < -0.4 is 0 Å². The fourth-order valence-electron chi connectivity index (χ4n) is 1.52. The van der Waals surface area contributed by atoms with E-state index >= 15 is 0 Å². The molecule has 0 aliphatic carbocycles. The summed E-state index contributed by atoms with van der Waals surface area (Å²) in [6, 6.07) is 2.60. The van der Waals surface area contributed by atoms with Crippen LogP contribution in [0.5, 0.6) is 0 Å². The standard InChI is InChI=1S/C11H9BrN2O4/c1-13-9(15)7(10(16)14(2)11(13)17)5-6-3-4-8(12)18-6/h3-5H,1-2H3.